The lowest BCUT2D eigenvalue weighted by Crippen LogP contribution is -2.45. The van der Waals surface area contributed by atoms with Gasteiger partial charge < -0.3 is 11.1 Å². The van der Waals surface area contributed by atoms with E-state index in [1.807, 2.05) is 27.7 Å². The molecule has 0 aliphatic carbocycles. The third-order valence-electron chi connectivity index (χ3n) is 1.74. The first-order valence-corrected chi connectivity index (χ1v) is 5.40. The number of nitrogens with one attached hydrogen (secondary N) is 1. The standard InChI is InChI=1S/C11H23N3O/c1-6-7-9(12)13-8(2)10(15)14-11(3,4)5/h8H,6-7H2,1-5H3,(H2,12,13)(H,14,15). The number of rotatable bonds is 4. The number of aliphatic imine (C=N–C) groups is 1. The van der Waals surface area contributed by atoms with E-state index in [1.165, 1.54) is 0 Å². The predicted octanol–water partition coefficient (Wildman–Crippen LogP) is 1.45. The Labute approximate surface area is 92.3 Å². The minimum atomic E-state index is -0.407. The van der Waals surface area contributed by atoms with Gasteiger partial charge in [-0.2, -0.15) is 0 Å². The smallest absolute Gasteiger partial charge is 0.244 e. The normalized spacial score (nSPS) is 14.9. The van der Waals surface area contributed by atoms with Crippen LogP contribution in [0.3, 0.4) is 0 Å². The monoisotopic (exact) mass is 213 g/mol. The Morgan fingerprint density at radius 3 is 2.40 bits per heavy atom. The van der Waals surface area contributed by atoms with Gasteiger partial charge in [0.2, 0.25) is 5.91 Å². The zero-order chi connectivity index (χ0) is 12.1. The van der Waals surface area contributed by atoms with Crippen molar-refractivity contribution in [2.75, 3.05) is 0 Å². The molecular formula is C11H23N3O. The van der Waals surface area contributed by atoms with Crippen LogP contribution < -0.4 is 11.1 Å². The van der Waals surface area contributed by atoms with Gasteiger partial charge in [-0.1, -0.05) is 6.92 Å². The van der Waals surface area contributed by atoms with Crippen LogP contribution in [0.4, 0.5) is 0 Å². The van der Waals surface area contributed by atoms with Crippen LogP contribution in [0.2, 0.25) is 0 Å². The maximum atomic E-state index is 11.6. The van der Waals surface area contributed by atoms with E-state index in [0.717, 1.165) is 12.8 Å². The summed E-state index contributed by atoms with van der Waals surface area (Å²) < 4.78 is 0. The van der Waals surface area contributed by atoms with Crippen molar-refractivity contribution < 1.29 is 4.79 Å². The molecule has 0 saturated carbocycles. The Morgan fingerprint density at radius 1 is 1.47 bits per heavy atom. The molecule has 15 heavy (non-hydrogen) atoms. The van der Waals surface area contributed by atoms with Gasteiger partial charge in [-0.3, -0.25) is 9.79 Å². The van der Waals surface area contributed by atoms with E-state index >= 15 is 0 Å². The van der Waals surface area contributed by atoms with Gasteiger partial charge in [0.05, 0.1) is 5.84 Å². The second-order valence-electron chi connectivity index (χ2n) is 4.79. The third-order valence-corrected chi connectivity index (χ3v) is 1.74. The topological polar surface area (TPSA) is 67.5 Å². The van der Waals surface area contributed by atoms with Crippen molar-refractivity contribution in [3.63, 3.8) is 0 Å². The molecule has 0 aromatic heterocycles. The highest BCUT2D eigenvalue weighted by Gasteiger charge is 2.18. The van der Waals surface area contributed by atoms with Gasteiger partial charge in [-0.15, -0.1) is 0 Å². The Bertz CT molecular complexity index is 241. The maximum Gasteiger partial charge on any atom is 0.244 e. The highest BCUT2D eigenvalue weighted by Crippen LogP contribution is 2.01. The number of hydrogen-bond acceptors (Lipinski definition) is 2. The van der Waals surface area contributed by atoms with Gasteiger partial charge in [0, 0.05) is 12.0 Å². The van der Waals surface area contributed by atoms with Gasteiger partial charge in [0.15, 0.2) is 0 Å². The summed E-state index contributed by atoms with van der Waals surface area (Å²) in [4.78, 5) is 15.8. The van der Waals surface area contributed by atoms with Crippen molar-refractivity contribution in [3.8, 4) is 0 Å². The second kappa shape index (κ2) is 5.73. The average molecular weight is 213 g/mol. The van der Waals surface area contributed by atoms with Gasteiger partial charge in [0.25, 0.3) is 0 Å². The summed E-state index contributed by atoms with van der Waals surface area (Å²) in [5, 5.41) is 2.86. The number of hydrogen-bond donors (Lipinski definition) is 2. The van der Waals surface area contributed by atoms with Crippen LogP contribution in [-0.4, -0.2) is 23.3 Å². The number of carbonyl (C=O) groups excluding carboxylic acids is 1. The van der Waals surface area contributed by atoms with Crippen LogP contribution in [0.1, 0.15) is 47.5 Å². The zero-order valence-corrected chi connectivity index (χ0v) is 10.4. The quantitative estimate of drug-likeness (QED) is 0.548. The molecule has 0 heterocycles. The summed E-state index contributed by atoms with van der Waals surface area (Å²) in [7, 11) is 0. The van der Waals surface area contributed by atoms with Crippen LogP contribution >= 0.6 is 0 Å². The largest absolute Gasteiger partial charge is 0.387 e. The molecule has 1 amide bonds. The highest BCUT2D eigenvalue weighted by atomic mass is 16.2. The van der Waals surface area contributed by atoms with Crippen molar-refractivity contribution in [2.24, 2.45) is 10.7 Å². The fourth-order valence-corrected chi connectivity index (χ4v) is 1.10. The molecule has 4 nitrogen and oxygen atoms in total. The SMILES string of the molecule is CCCC(N)=NC(C)C(=O)NC(C)(C)C. The van der Waals surface area contributed by atoms with E-state index in [1.54, 1.807) is 6.92 Å². The molecule has 0 aliphatic rings. The molecule has 0 fully saturated rings. The second-order valence-corrected chi connectivity index (χ2v) is 4.79. The summed E-state index contributed by atoms with van der Waals surface area (Å²) in [6.07, 6.45) is 1.69. The molecule has 88 valence electrons. The molecule has 0 aromatic rings. The van der Waals surface area contributed by atoms with Crippen molar-refractivity contribution in [1.29, 1.82) is 0 Å². The maximum absolute atomic E-state index is 11.6. The predicted molar refractivity (Wildman–Crippen MR) is 63.9 cm³/mol. The molecule has 0 radical (unpaired) electrons. The molecule has 0 rings (SSSR count). The van der Waals surface area contributed by atoms with Crippen molar-refractivity contribution in [2.45, 2.75) is 59.0 Å². The summed E-state index contributed by atoms with van der Waals surface area (Å²) in [5.41, 5.74) is 5.43. The van der Waals surface area contributed by atoms with Crippen LogP contribution in [0.25, 0.3) is 0 Å². The minimum absolute atomic E-state index is 0.0819. The first kappa shape index (κ1) is 13.9. The van der Waals surface area contributed by atoms with E-state index in [9.17, 15) is 4.79 Å². The first-order valence-electron chi connectivity index (χ1n) is 5.40. The summed E-state index contributed by atoms with van der Waals surface area (Å²) >= 11 is 0. The fraction of sp³-hybridized carbons (Fsp3) is 0.818. The first-order chi connectivity index (χ1) is 6.76. The van der Waals surface area contributed by atoms with Gasteiger partial charge in [0.1, 0.15) is 6.04 Å². The Balaban J connectivity index is 4.27. The summed E-state index contributed by atoms with van der Waals surface area (Å²) in [5.74, 6) is 0.468. The number of nitrogens with two attached hydrogens (primary N) is 1. The lowest BCUT2D eigenvalue weighted by Gasteiger charge is -2.22. The number of amidine groups is 1. The molecule has 1 atom stereocenters. The Morgan fingerprint density at radius 2 is 2.00 bits per heavy atom. The fourth-order valence-electron chi connectivity index (χ4n) is 1.10. The summed E-state index contributed by atoms with van der Waals surface area (Å²) in [6, 6.07) is -0.407. The molecular weight excluding hydrogens is 190 g/mol. The van der Waals surface area contributed by atoms with Crippen LogP contribution in [0, 0.1) is 0 Å². The van der Waals surface area contributed by atoms with E-state index in [4.69, 9.17) is 5.73 Å². The molecule has 1 unspecified atom stereocenters. The van der Waals surface area contributed by atoms with E-state index in [0.29, 0.717) is 5.84 Å². The minimum Gasteiger partial charge on any atom is -0.387 e. The van der Waals surface area contributed by atoms with E-state index in [2.05, 4.69) is 10.3 Å². The van der Waals surface area contributed by atoms with Crippen LogP contribution in [0.15, 0.2) is 4.99 Å². The van der Waals surface area contributed by atoms with Gasteiger partial charge in [-0.25, -0.2) is 0 Å². The van der Waals surface area contributed by atoms with Crippen molar-refractivity contribution in [1.82, 2.24) is 5.32 Å². The zero-order valence-electron chi connectivity index (χ0n) is 10.4. The van der Waals surface area contributed by atoms with E-state index < -0.39 is 6.04 Å². The third kappa shape index (κ3) is 6.94. The molecule has 0 aromatic carbocycles. The van der Waals surface area contributed by atoms with Gasteiger partial charge >= 0.3 is 0 Å². The highest BCUT2D eigenvalue weighted by molar-refractivity contribution is 5.87. The van der Waals surface area contributed by atoms with Gasteiger partial charge in [-0.05, 0) is 34.1 Å². The summed E-state index contributed by atoms with van der Waals surface area (Å²) in [6.45, 7) is 9.61. The molecule has 0 bridgehead atoms. The van der Waals surface area contributed by atoms with Crippen molar-refractivity contribution >= 4 is 11.7 Å². The molecule has 0 aliphatic heterocycles. The number of amides is 1. The molecule has 3 N–H and O–H groups in total. The van der Waals surface area contributed by atoms with Crippen LogP contribution in [-0.2, 0) is 4.79 Å². The lowest BCUT2D eigenvalue weighted by molar-refractivity contribution is -0.123. The Kier molecular flexibility index (Phi) is 5.33. The molecule has 0 spiro atoms. The molecule has 0 saturated heterocycles. The van der Waals surface area contributed by atoms with Crippen molar-refractivity contribution in [3.05, 3.63) is 0 Å². The Hall–Kier alpha value is -1.06. The molecule has 4 heteroatoms. The van der Waals surface area contributed by atoms with Crippen LogP contribution in [0.5, 0.6) is 0 Å². The lowest BCUT2D eigenvalue weighted by atomic mass is 10.1. The van der Waals surface area contributed by atoms with E-state index in [-0.39, 0.29) is 11.4 Å². The average Bonchev–Trinajstić information content (AvgIpc) is 2.00. The number of nitrogens with zero attached hydrogens (tertiary/aromatic N) is 1. The number of carbonyl (C=O) groups is 1.